The molecule has 0 aliphatic carbocycles. The Bertz CT molecular complexity index is 1220. The zero-order valence-corrected chi connectivity index (χ0v) is 17.6. The molecule has 2 aromatic heterocycles. The maximum atomic E-state index is 12.9. The van der Waals surface area contributed by atoms with Crippen molar-refractivity contribution in [3.63, 3.8) is 0 Å². The molecule has 0 saturated carbocycles. The number of imidazole rings is 1. The van der Waals surface area contributed by atoms with Crippen LogP contribution in [0.25, 0.3) is 16.2 Å². The lowest BCUT2D eigenvalue weighted by atomic mass is 9.88. The molecule has 0 bridgehead atoms. The zero-order valence-electron chi connectivity index (χ0n) is 16.8. The number of fused-ring (bicyclic) bond motifs is 1. The third-order valence-electron chi connectivity index (χ3n) is 5.35. The minimum atomic E-state index is -0.00652. The van der Waals surface area contributed by atoms with Gasteiger partial charge in [0.2, 0.25) is 5.91 Å². The molecule has 0 aliphatic heterocycles. The number of nitrogens with zero attached hydrogens (tertiary/aromatic N) is 2. The molecule has 5 aromatic rings. The van der Waals surface area contributed by atoms with Crippen LogP contribution in [0.3, 0.4) is 0 Å². The highest BCUT2D eigenvalue weighted by Crippen LogP contribution is 2.29. The van der Waals surface area contributed by atoms with Crippen LogP contribution in [0.1, 0.15) is 23.5 Å². The molecule has 0 saturated heterocycles. The Morgan fingerprint density at radius 1 is 0.903 bits per heavy atom. The predicted molar refractivity (Wildman–Crippen MR) is 126 cm³/mol. The fourth-order valence-electron chi connectivity index (χ4n) is 3.79. The minimum absolute atomic E-state index is 0.00652. The van der Waals surface area contributed by atoms with Gasteiger partial charge >= 0.3 is 0 Å². The number of hydrogen-bond acceptors (Lipinski definition) is 3. The second-order valence-corrected chi connectivity index (χ2v) is 8.30. The van der Waals surface area contributed by atoms with E-state index in [2.05, 4.69) is 34.6 Å². The van der Waals surface area contributed by atoms with Crippen LogP contribution in [0.4, 0.5) is 5.69 Å². The average molecular weight is 424 g/mol. The van der Waals surface area contributed by atoms with E-state index in [1.54, 1.807) is 11.3 Å². The number of carbonyl (C=O) groups excluding carboxylic acids is 1. The molecule has 31 heavy (non-hydrogen) atoms. The summed E-state index contributed by atoms with van der Waals surface area (Å²) in [6.45, 7) is 0. The van der Waals surface area contributed by atoms with Crippen LogP contribution in [0.5, 0.6) is 0 Å². The number of amides is 1. The number of nitrogens with one attached hydrogen (secondary N) is 1. The Kier molecular flexibility index (Phi) is 5.33. The Balaban J connectivity index is 1.31. The lowest BCUT2D eigenvalue weighted by Crippen LogP contribution is -2.16. The second kappa shape index (κ2) is 8.58. The summed E-state index contributed by atoms with van der Waals surface area (Å²) in [5, 5.41) is 5.07. The molecule has 0 unspecified atom stereocenters. The van der Waals surface area contributed by atoms with Gasteiger partial charge in [0.05, 0.1) is 5.69 Å². The number of carbonyl (C=O) groups is 1. The summed E-state index contributed by atoms with van der Waals surface area (Å²) >= 11 is 1.61. The largest absolute Gasteiger partial charge is 0.326 e. The lowest BCUT2D eigenvalue weighted by molar-refractivity contribution is -0.116. The average Bonchev–Trinajstić information content (AvgIpc) is 3.42. The maximum Gasteiger partial charge on any atom is 0.225 e. The highest BCUT2D eigenvalue weighted by molar-refractivity contribution is 7.15. The fraction of sp³-hybridized carbons (Fsp3) is 0.0769. The van der Waals surface area contributed by atoms with E-state index in [1.807, 2.05) is 82.8 Å². The summed E-state index contributed by atoms with van der Waals surface area (Å²) in [6, 6.07) is 28.2. The summed E-state index contributed by atoms with van der Waals surface area (Å²) in [4.78, 5) is 18.5. The highest BCUT2D eigenvalue weighted by atomic mass is 32.1. The van der Waals surface area contributed by atoms with Crippen molar-refractivity contribution in [1.82, 2.24) is 9.38 Å². The summed E-state index contributed by atoms with van der Waals surface area (Å²) in [7, 11) is 0. The van der Waals surface area contributed by atoms with Crippen LogP contribution >= 0.6 is 11.3 Å². The molecule has 0 spiro atoms. The molecule has 1 N–H and O–H groups in total. The predicted octanol–water partition coefficient (Wildman–Crippen LogP) is 6.22. The molecule has 3 aromatic carbocycles. The molecule has 5 heteroatoms. The summed E-state index contributed by atoms with van der Waals surface area (Å²) in [6.07, 6.45) is 4.40. The third-order valence-corrected chi connectivity index (χ3v) is 6.12. The van der Waals surface area contributed by atoms with Crippen molar-refractivity contribution in [3.8, 4) is 11.3 Å². The second-order valence-electron chi connectivity index (χ2n) is 7.42. The van der Waals surface area contributed by atoms with Crippen LogP contribution < -0.4 is 5.32 Å². The number of benzene rings is 3. The van der Waals surface area contributed by atoms with Crippen LogP contribution in [-0.4, -0.2) is 15.3 Å². The van der Waals surface area contributed by atoms with Gasteiger partial charge in [-0.25, -0.2) is 4.98 Å². The molecular formula is C26H21N3OS. The maximum absolute atomic E-state index is 12.9. The SMILES string of the molecule is O=C(CC(c1ccccc1)c1ccccc1)Nc1ccc(-c2cn3ccsc3n2)cc1. The first-order valence-electron chi connectivity index (χ1n) is 10.2. The quantitative estimate of drug-likeness (QED) is 0.352. The number of aromatic nitrogens is 2. The topological polar surface area (TPSA) is 46.4 Å². The molecule has 1 amide bonds. The van der Waals surface area contributed by atoms with E-state index in [-0.39, 0.29) is 11.8 Å². The molecular weight excluding hydrogens is 402 g/mol. The number of hydrogen-bond donors (Lipinski definition) is 1. The van der Waals surface area contributed by atoms with Crippen LogP contribution in [0, 0.1) is 0 Å². The fourth-order valence-corrected chi connectivity index (χ4v) is 4.49. The summed E-state index contributed by atoms with van der Waals surface area (Å²) in [5.41, 5.74) is 5.02. The van der Waals surface area contributed by atoms with E-state index in [9.17, 15) is 4.79 Å². The van der Waals surface area contributed by atoms with Gasteiger partial charge in [-0.3, -0.25) is 9.20 Å². The number of thiazole rings is 1. The van der Waals surface area contributed by atoms with Gasteiger partial charge in [-0.15, -0.1) is 11.3 Å². The van der Waals surface area contributed by atoms with Crippen molar-refractivity contribution < 1.29 is 4.79 Å². The van der Waals surface area contributed by atoms with Crippen molar-refractivity contribution >= 4 is 27.9 Å². The Labute approximate surface area is 184 Å². The van der Waals surface area contributed by atoms with Crippen LogP contribution in [0.2, 0.25) is 0 Å². The summed E-state index contributed by atoms with van der Waals surface area (Å²) in [5.74, 6) is 0.00752. The standard InChI is InChI=1S/C26H21N3OS/c30-25(17-23(19-7-3-1-4-8-19)20-9-5-2-6-10-20)27-22-13-11-21(12-14-22)24-18-29-15-16-31-26(29)28-24/h1-16,18,23H,17H2,(H,27,30). The van der Waals surface area contributed by atoms with Crippen LogP contribution in [0.15, 0.2) is 103 Å². The molecule has 0 fully saturated rings. The van der Waals surface area contributed by atoms with Gasteiger partial charge in [-0.05, 0) is 23.3 Å². The molecule has 0 radical (unpaired) electrons. The van der Waals surface area contributed by atoms with E-state index >= 15 is 0 Å². The highest BCUT2D eigenvalue weighted by Gasteiger charge is 2.18. The smallest absolute Gasteiger partial charge is 0.225 e. The molecule has 4 nitrogen and oxygen atoms in total. The zero-order chi connectivity index (χ0) is 21.0. The van der Waals surface area contributed by atoms with Gasteiger partial charge in [0.15, 0.2) is 4.96 Å². The number of anilines is 1. The normalized spacial score (nSPS) is 11.1. The van der Waals surface area contributed by atoms with E-state index in [1.165, 1.54) is 0 Å². The van der Waals surface area contributed by atoms with E-state index < -0.39 is 0 Å². The molecule has 5 rings (SSSR count). The van der Waals surface area contributed by atoms with Crippen molar-refractivity contribution in [1.29, 1.82) is 0 Å². The van der Waals surface area contributed by atoms with Crippen LogP contribution in [-0.2, 0) is 4.79 Å². The Hall–Kier alpha value is -3.70. The number of rotatable bonds is 6. The van der Waals surface area contributed by atoms with E-state index in [0.717, 1.165) is 33.0 Å². The van der Waals surface area contributed by atoms with Gasteiger partial charge in [0.25, 0.3) is 0 Å². The van der Waals surface area contributed by atoms with E-state index in [0.29, 0.717) is 6.42 Å². The summed E-state index contributed by atoms with van der Waals surface area (Å²) < 4.78 is 2.02. The molecule has 0 atom stereocenters. The van der Waals surface area contributed by atoms with Gasteiger partial charge in [0, 0.05) is 41.4 Å². The molecule has 152 valence electrons. The van der Waals surface area contributed by atoms with Crippen molar-refractivity contribution in [3.05, 3.63) is 114 Å². The van der Waals surface area contributed by atoms with Gasteiger partial charge < -0.3 is 5.32 Å². The lowest BCUT2D eigenvalue weighted by Gasteiger charge is -2.18. The van der Waals surface area contributed by atoms with Crippen molar-refractivity contribution in [2.45, 2.75) is 12.3 Å². The van der Waals surface area contributed by atoms with Gasteiger partial charge in [-0.1, -0.05) is 72.8 Å². The molecule has 0 aliphatic rings. The van der Waals surface area contributed by atoms with E-state index in [4.69, 9.17) is 0 Å². The monoisotopic (exact) mass is 423 g/mol. The van der Waals surface area contributed by atoms with Crippen molar-refractivity contribution in [2.24, 2.45) is 0 Å². The Morgan fingerprint density at radius 2 is 1.55 bits per heavy atom. The minimum Gasteiger partial charge on any atom is -0.326 e. The Morgan fingerprint density at radius 3 is 2.16 bits per heavy atom. The third kappa shape index (κ3) is 4.27. The van der Waals surface area contributed by atoms with Gasteiger partial charge in [0.1, 0.15) is 0 Å². The van der Waals surface area contributed by atoms with Gasteiger partial charge in [-0.2, -0.15) is 0 Å². The molecule has 2 heterocycles. The first kappa shape index (κ1) is 19.3. The van der Waals surface area contributed by atoms with Crippen molar-refractivity contribution in [2.75, 3.05) is 5.32 Å². The first-order valence-corrected chi connectivity index (χ1v) is 11.1. The first-order chi connectivity index (χ1) is 15.3.